The van der Waals surface area contributed by atoms with Crippen LogP contribution in [0.5, 0.6) is 0 Å². The summed E-state index contributed by atoms with van der Waals surface area (Å²) in [5.41, 5.74) is 1.02. The van der Waals surface area contributed by atoms with Crippen molar-refractivity contribution in [2.24, 2.45) is 4.99 Å². The minimum atomic E-state index is 0. The van der Waals surface area contributed by atoms with Crippen molar-refractivity contribution in [2.45, 2.75) is 27.3 Å². The van der Waals surface area contributed by atoms with Gasteiger partial charge in [0.25, 0.3) is 0 Å². The van der Waals surface area contributed by atoms with Crippen LogP contribution in [0.15, 0.2) is 41.8 Å². The number of nitrogens with zero attached hydrogens (tertiary/aromatic N) is 6. The molecular weight excluding hydrogens is 469 g/mol. The number of hydrogen-bond donors (Lipinski definition) is 1. The molecule has 2 heterocycles. The molecule has 1 amide bonds. The molecule has 0 atom stereocenters. The average Bonchev–Trinajstić information content (AvgIpc) is 3.21. The fraction of sp³-hybridized carbons (Fsp3) is 0.474. The zero-order valence-corrected chi connectivity index (χ0v) is 19.3. The number of hydrogen-bond acceptors (Lipinski definition) is 4. The van der Waals surface area contributed by atoms with E-state index in [0.29, 0.717) is 32.1 Å². The second kappa shape index (κ2) is 12.3. The van der Waals surface area contributed by atoms with E-state index in [1.165, 1.54) is 0 Å². The van der Waals surface area contributed by atoms with Gasteiger partial charge < -0.3 is 15.1 Å². The predicted molar refractivity (Wildman–Crippen MR) is 122 cm³/mol. The highest BCUT2D eigenvalue weighted by molar-refractivity contribution is 14.0. The van der Waals surface area contributed by atoms with Crippen LogP contribution >= 0.6 is 24.0 Å². The molecule has 0 bridgehead atoms. The maximum atomic E-state index is 12.4. The Hall–Kier alpha value is -2.17. The van der Waals surface area contributed by atoms with Gasteiger partial charge in [0.1, 0.15) is 0 Å². The second-order valence-corrected chi connectivity index (χ2v) is 6.07. The molecule has 2 rings (SSSR count). The number of likely N-dealkylation sites (N-methyl/N-ethyl adjacent to an activating group) is 2. The third-order valence-corrected chi connectivity index (χ3v) is 4.15. The minimum absolute atomic E-state index is 0. The Morgan fingerprint density at radius 3 is 2.61 bits per heavy atom. The van der Waals surface area contributed by atoms with Crippen LogP contribution in [0.3, 0.4) is 0 Å². The molecule has 154 valence electrons. The van der Waals surface area contributed by atoms with E-state index in [1.807, 2.05) is 62.0 Å². The third-order valence-electron chi connectivity index (χ3n) is 4.15. The molecule has 2 aromatic rings. The molecule has 28 heavy (non-hydrogen) atoms. The van der Waals surface area contributed by atoms with Crippen molar-refractivity contribution in [2.75, 3.05) is 33.2 Å². The Morgan fingerprint density at radius 2 is 2.00 bits per heavy atom. The summed E-state index contributed by atoms with van der Waals surface area (Å²) in [7, 11) is 1.88. The first-order valence-corrected chi connectivity index (χ1v) is 9.31. The second-order valence-electron chi connectivity index (χ2n) is 6.07. The highest BCUT2D eigenvalue weighted by atomic mass is 127. The van der Waals surface area contributed by atoms with E-state index >= 15 is 0 Å². The van der Waals surface area contributed by atoms with Gasteiger partial charge >= 0.3 is 0 Å². The standard InChI is InChI=1S/C19H29N7O.HI/c1-5-20-19(24(4)15-18(27)25(6-2)7-3)22-14-16-9-11-21-17(13-16)26-12-8-10-23-26;/h8-13H,5-7,14-15H2,1-4H3,(H,20,22);1H. The molecule has 0 aromatic carbocycles. The number of aliphatic imine (C=N–C) groups is 1. The van der Waals surface area contributed by atoms with E-state index in [4.69, 9.17) is 0 Å². The molecule has 0 saturated carbocycles. The lowest BCUT2D eigenvalue weighted by atomic mass is 10.2. The smallest absolute Gasteiger partial charge is 0.242 e. The molecule has 1 N–H and O–H groups in total. The van der Waals surface area contributed by atoms with Crippen LogP contribution in [0.25, 0.3) is 5.82 Å². The number of amides is 1. The third kappa shape index (κ3) is 6.77. The van der Waals surface area contributed by atoms with Crippen LogP contribution in [-0.4, -0.2) is 69.7 Å². The van der Waals surface area contributed by atoms with Gasteiger partial charge in [0.15, 0.2) is 11.8 Å². The van der Waals surface area contributed by atoms with Gasteiger partial charge in [-0.15, -0.1) is 24.0 Å². The van der Waals surface area contributed by atoms with Crippen LogP contribution in [0, 0.1) is 0 Å². The van der Waals surface area contributed by atoms with Crippen molar-refractivity contribution < 1.29 is 4.79 Å². The van der Waals surface area contributed by atoms with Crippen LogP contribution in [0.2, 0.25) is 0 Å². The lowest BCUT2D eigenvalue weighted by Crippen LogP contribution is -2.45. The Morgan fingerprint density at radius 1 is 1.25 bits per heavy atom. The van der Waals surface area contributed by atoms with Crippen molar-refractivity contribution in [3.05, 3.63) is 42.4 Å². The summed E-state index contributed by atoms with van der Waals surface area (Å²) in [6.45, 7) is 8.93. The summed E-state index contributed by atoms with van der Waals surface area (Å²) in [4.78, 5) is 25.0. The number of carbonyl (C=O) groups is 1. The lowest BCUT2D eigenvalue weighted by Gasteiger charge is -2.25. The zero-order valence-electron chi connectivity index (χ0n) is 17.0. The summed E-state index contributed by atoms with van der Waals surface area (Å²) >= 11 is 0. The van der Waals surface area contributed by atoms with Crippen molar-refractivity contribution in [1.29, 1.82) is 0 Å². The summed E-state index contributed by atoms with van der Waals surface area (Å²) in [5.74, 6) is 1.55. The topological polar surface area (TPSA) is 78.6 Å². The number of guanidine groups is 1. The van der Waals surface area contributed by atoms with Crippen LogP contribution in [0.1, 0.15) is 26.3 Å². The quantitative estimate of drug-likeness (QED) is 0.342. The van der Waals surface area contributed by atoms with Gasteiger partial charge in [0.05, 0.1) is 13.1 Å². The fourth-order valence-corrected chi connectivity index (χ4v) is 2.68. The predicted octanol–water partition coefficient (Wildman–Crippen LogP) is 2.15. The van der Waals surface area contributed by atoms with E-state index in [1.54, 1.807) is 17.1 Å². The summed E-state index contributed by atoms with van der Waals surface area (Å²) < 4.78 is 1.72. The summed E-state index contributed by atoms with van der Waals surface area (Å²) in [6.07, 6.45) is 5.33. The van der Waals surface area contributed by atoms with Crippen molar-refractivity contribution >= 4 is 35.8 Å². The van der Waals surface area contributed by atoms with Crippen LogP contribution in [-0.2, 0) is 11.3 Å². The normalized spacial score (nSPS) is 10.9. The molecular formula is C19H30IN7O. The van der Waals surface area contributed by atoms with Crippen molar-refractivity contribution in [1.82, 2.24) is 29.9 Å². The lowest BCUT2D eigenvalue weighted by molar-refractivity contribution is -0.131. The maximum absolute atomic E-state index is 12.4. The van der Waals surface area contributed by atoms with E-state index in [0.717, 1.165) is 17.9 Å². The molecule has 0 aliphatic heterocycles. The largest absolute Gasteiger partial charge is 0.357 e. The number of nitrogens with one attached hydrogen (secondary N) is 1. The van der Waals surface area contributed by atoms with Crippen LogP contribution < -0.4 is 5.32 Å². The van der Waals surface area contributed by atoms with E-state index in [9.17, 15) is 4.79 Å². The molecule has 0 saturated heterocycles. The molecule has 0 aliphatic rings. The molecule has 9 heteroatoms. The number of halogens is 1. The Labute approximate surface area is 184 Å². The molecule has 0 fully saturated rings. The zero-order chi connectivity index (χ0) is 19.6. The number of rotatable bonds is 8. The monoisotopic (exact) mass is 499 g/mol. The van der Waals surface area contributed by atoms with Gasteiger partial charge in [-0.05, 0) is 44.5 Å². The maximum Gasteiger partial charge on any atom is 0.242 e. The van der Waals surface area contributed by atoms with Gasteiger partial charge in [-0.1, -0.05) is 0 Å². The average molecular weight is 499 g/mol. The van der Waals surface area contributed by atoms with Gasteiger partial charge in [-0.3, -0.25) is 4.79 Å². The highest BCUT2D eigenvalue weighted by Gasteiger charge is 2.15. The number of pyridine rings is 1. The molecule has 0 radical (unpaired) electrons. The van der Waals surface area contributed by atoms with Gasteiger partial charge in [-0.2, -0.15) is 5.10 Å². The van der Waals surface area contributed by atoms with Crippen molar-refractivity contribution in [3.63, 3.8) is 0 Å². The summed E-state index contributed by atoms with van der Waals surface area (Å²) in [5, 5.41) is 7.45. The van der Waals surface area contributed by atoms with Gasteiger partial charge in [0, 0.05) is 45.3 Å². The first kappa shape index (κ1) is 23.9. The van der Waals surface area contributed by atoms with Crippen LogP contribution in [0.4, 0.5) is 0 Å². The minimum Gasteiger partial charge on any atom is -0.357 e. The van der Waals surface area contributed by atoms with Gasteiger partial charge in [0.2, 0.25) is 5.91 Å². The number of carbonyl (C=O) groups excluding carboxylic acids is 1. The van der Waals surface area contributed by atoms with Gasteiger partial charge in [-0.25, -0.2) is 14.7 Å². The van der Waals surface area contributed by atoms with E-state index < -0.39 is 0 Å². The Kier molecular flexibility index (Phi) is 10.5. The summed E-state index contributed by atoms with van der Waals surface area (Å²) in [6, 6.07) is 5.75. The van der Waals surface area contributed by atoms with E-state index in [2.05, 4.69) is 20.4 Å². The molecule has 0 spiro atoms. The first-order valence-electron chi connectivity index (χ1n) is 9.31. The fourth-order valence-electron chi connectivity index (χ4n) is 2.68. The first-order chi connectivity index (χ1) is 13.1. The van der Waals surface area contributed by atoms with Crippen molar-refractivity contribution in [3.8, 4) is 5.82 Å². The molecule has 0 unspecified atom stereocenters. The Bertz CT molecular complexity index is 745. The highest BCUT2D eigenvalue weighted by Crippen LogP contribution is 2.08. The Balaban J connectivity index is 0.00000392. The molecule has 0 aliphatic carbocycles. The molecule has 2 aromatic heterocycles. The number of aromatic nitrogens is 3. The van der Waals surface area contributed by atoms with E-state index in [-0.39, 0.29) is 29.9 Å². The molecule has 8 nitrogen and oxygen atoms in total. The SMILES string of the molecule is CCNC(=NCc1ccnc(-n2cccn2)c1)N(C)CC(=O)N(CC)CC.I.